The Hall–Kier alpha value is -3.12. The first-order valence-corrected chi connectivity index (χ1v) is 9.36. The average Bonchev–Trinajstić information content (AvgIpc) is 3.03. The Labute approximate surface area is 167 Å². The van der Waals surface area contributed by atoms with E-state index >= 15 is 0 Å². The Kier molecular flexibility index (Phi) is 5.12. The van der Waals surface area contributed by atoms with Gasteiger partial charge in [-0.15, -0.1) is 0 Å². The van der Waals surface area contributed by atoms with Crippen molar-refractivity contribution in [1.29, 1.82) is 0 Å². The molecule has 0 saturated carbocycles. The second kappa shape index (κ2) is 7.86. The van der Waals surface area contributed by atoms with Gasteiger partial charge in [-0.1, -0.05) is 23.7 Å². The highest BCUT2D eigenvalue weighted by atomic mass is 35.5. The summed E-state index contributed by atoms with van der Waals surface area (Å²) in [7, 11) is 0. The third-order valence-corrected chi connectivity index (χ3v) is 4.87. The molecule has 1 N–H and O–H groups in total. The highest BCUT2D eigenvalue weighted by Gasteiger charge is 2.10. The minimum atomic E-state index is -0.193. The van der Waals surface area contributed by atoms with Gasteiger partial charge in [0.1, 0.15) is 17.1 Å². The number of amides is 1. The maximum atomic E-state index is 12.2. The van der Waals surface area contributed by atoms with Crippen LogP contribution in [0.15, 0.2) is 54.7 Å². The summed E-state index contributed by atoms with van der Waals surface area (Å²) in [6.07, 6.45) is 1.67. The van der Waals surface area contributed by atoms with E-state index in [4.69, 9.17) is 16.3 Å². The van der Waals surface area contributed by atoms with Crippen molar-refractivity contribution < 1.29 is 9.53 Å². The maximum absolute atomic E-state index is 12.2. The molecule has 2 aromatic heterocycles. The highest BCUT2D eigenvalue weighted by molar-refractivity contribution is 6.35. The SMILES string of the molecule is Cc1nc2ccccc2n1CCNC(=O)COc1ccc(Cl)c2cccnc12. The van der Waals surface area contributed by atoms with Gasteiger partial charge >= 0.3 is 0 Å². The molecule has 0 aliphatic carbocycles. The van der Waals surface area contributed by atoms with Crippen molar-refractivity contribution >= 4 is 39.4 Å². The van der Waals surface area contributed by atoms with E-state index in [9.17, 15) is 4.79 Å². The lowest BCUT2D eigenvalue weighted by Crippen LogP contribution is -2.31. The van der Waals surface area contributed by atoms with E-state index in [2.05, 4.69) is 19.9 Å². The van der Waals surface area contributed by atoms with Crippen molar-refractivity contribution in [1.82, 2.24) is 19.9 Å². The molecule has 0 radical (unpaired) electrons. The van der Waals surface area contributed by atoms with Gasteiger partial charge in [-0.25, -0.2) is 4.98 Å². The van der Waals surface area contributed by atoms with E-state index in [1.165, 1.54) is 0 Å². The second-order valence-electron chi connectivity index (χ2n) is 6.38. The number of hydrogen-bond acceptors (Lipinski definition) is 4. The number of halogens is 1. The fraction of sp³-hybridized carbons (Fsp3) is 0.190. The van der Waals surface area contributed by atoms with Crippen LogP contribution in [0, 0.1) is 6.92 Å². The van der Waals surface area contributed by atoms with Gasteiger partial charge in [-0.3, -0.25) is 9.78 Å². The van der Waals surface area contributed by atoms with Gasteiger partial charge < -0.3 is 14.6 Å². The third-order valence-electron chi connectivity index (χ3n) is 4.54. The summed E-state index contributed by atoms with van der Waals surface area (Å²) in [6, 6.07) is 15.1. The molecule has 0 fully saturated rings. The molecule has 1 amide bonds. The molecule has 0 spiro atoms. The maximum Gasteiger partial charge on any atom is 0.258 e. The number of imidazole rings is 1. The Morgan fingerprint density at radius 1 is 1.18 bits per heavy atom. The molecule has 0 bridgehead atoms. The molecule has 2 heterocycles. The van der Waals surface area contributed by atoms with Crippen LogP contribution in [-0.4, -0.2) is 33.6 Å². The summed E-state index contributed by atoms with van der Waals surface area (Å²) in [5.74, 6) is 1.26. The normalized spacial score (nSPS) is 11.1. The minimum Gasteiger partial charge on any atom is -0.481 e. The lowest BCUT2D eigenvalue weighted by atomic mass is 10.2. The number of para-hydroxylation sites is 2. The predicted octanol–water partition coefficient (Wildman–Crippen LogP) is 3.74. The molecule has 2 aromatic carbocycles. The van der Waals surface area contributed by atoms with Crippen LogP contribution in [0.3, 0.4) is 0 Å². The summed E-state index contributed by atoms with van der Waals surface area (Å²) in [6.45, 7) is 3.01. The van der Waals surface area contributed by atoms with Crippen molar-refractivity contribution in [3.8, 4) is 5.75 Å². The van der Waals surface area contributed by atoms with Crippen LogP contribution in [0.4, 0.5) is 0 Å². The monoisotopic (exact) mass is 394 g/mol. The quantitative estimate of drug-likeness (QED) is 0.541. The second-order valence-corrected chi connectivity index (χ2v) is 6.79. The standard InChI is InChI=1S/C21H19ClN4O2/c1-14-25-17-6-2-3-7-18(17)26(14)12-11-23-20(27)13-28-19-9-8-16(22)15-5-4-10-24-21(15)19/h2-10H,11-13H2,1H3,(H,23,27). The van der Waals surface area contributed by atoms with E-state index < -0.39 is 0 Å². The van der Waals surface area contributed by atoms with Gasteiger partial charge in [0.05, 0.1) is 16.1 Å². The molecule has 142 valence electrons. The summed E-state index contributed by atoms with van der Waals surface area (Å²) in [4.78, 5) is 21.0. The first-order valence-electron chi connectivity index (χ1n) is 8.98. The van der Waals surface area contributed by atoms with E-state index in [0.717, 1.165) is 22.2 Å². The number of ether oxygens (including phenoxy) is 1. The smallest absolute Gasteiger partial charge is 0.258 e. The molecule has 4 aromatic rings. The van der Waals surface area contributed by atoms with Crippen molar-refractivity contribution in [2.24, 2.45) is 0 Å². The Morgan fingerprint density at radius 2 is 2.04 bits per heavy atom. The zero-order valence-corrected chi connectivity index (χ0v) is 16.1. The fourth-order valence-corrected chi connectivity index (χ4v) is 3.42. The topological polar surface area (TPSA) is 69.0 Å². The van der Waals surface area contributed by atoms with Gasteiger partial charge in [0.15, 0.2) is 6.61 Å². The molecule has 6 nitrogen and oxygen atoms in total. The van der Waals surface area contributed by atoms with Gasteiger partial charge in [0, 0.05) is 24.7 Å². The van der Waals surface area contributed by atoms with Crippen LogP contribution in [0.5, 0.6) is 5.75 Å². The number of nitrogens with zero attached hydrogens (tertiary/aromatic N) is 3. The number of aromatic nitrogens is 3. The third kappa shape index (κ3) is 3.64. The molecular weight excluding hydrogens is 376 g/mol. The lowest BCUT2D eigenvalue weighted by molar-refractivity contribution is -0.123. The van der Waals surface area contributed by atoms with Gasteiger partial charge in [-0.2, -0.15) is 0 Å². The van der Waals surface area contributed by atoms with E-state index in [1.807, 2.05) is 43.3 Å². The molecule has 0 saturated heterocycles. The molecule has 28 heavy (non-hydrogen) atoms. The largest absolute Gasteiger partial charge is 0.481 e. The summed E-state index contributed by atoms with van der Waals surface area (Å²) < 4.78 is 7.76. The fourth-order valence-electron chi connectivity index (χ4n) is 3.21. The van der Waals surface area contributed by atoms with Crippen molar-refractivity contribution in [3.05, 3.63) is 65.6 Å². The lowest BCUT2D eigenvalue weighted by Gasteiger charge is -2.11. The number of benzene rings is 2. The van der Waals surface area contributed by atoms with Crippen LogP contribution in [0.1, 0.15) is 5.82 Å². The molecule has 0 unspecified atom stereocenters. The van der Waals surface area contributed by atoms with Crippen LogP contribution >= 0.6 is 11.6 Å². The van der Waals surface area contributed by atoms with Crippen LogP contribution in [0.2, 0.25) is 5.02 Å². The average molecular weight is 395 g/mol. The molecule has 4 rings (SSSR count). The predicted molar refractivity (Wildman–Crippen MR) is 110 cm³/mol. The number of carbonyl (C=O) groups excluding carboxylic acids is 1. The Morgan fingerprint density at radius 3 is 2.93 bits per heavy atom. The minimum absolute atomic E-state index is 0.0863. The first kappa shape index (κ1) is 18.3. The zero-order valence-electron chi connectivity index (χ0n) is 15.4. The van der Waals surface area contributed by atoms with E-state index in [1.54, 1.807) is 18.3 Å². The molecule has 0 atom stereocenters. The number of aryl methyl sites for hydroxylation is 1. The number of nitrogens with one attached hydrogen (secondary N) is 1. The van der Waals surface area contributed by atoms with E-state index in [0.29, 0.717) is 29.4 Å². The van der Waals surface area contributed by atoms with Crippen LogP contribution in [0.25, 0.3) is 21.9 Å². The number of hydrogen-bond donors (Lipinski definition) is 1. The van der Waals surface area contributed by atoms with Crippen molar-refractivity contribution in [2.75, 3.05) is 13.2 Å². The van der Waals surface area contributed by atoms with Crippen LogP contribution < -0.4 is 10.1 Å². The van der Waals surface area contributed by atoms with Gasteiger partial charge in [-0.05, 0) is 43.3 Å². The number of carbonyl (C=O) groups is 1. The molecule has 0 aliphatic heterocycles. The van der Waals surface area contributed by atoms with Crippen molar-refractivity contribution in [2.45, 2.75) is 13.5 Å². The first-order chi connectivity index (χ1) is 13.6. The summed E-state index contributed by atoms with van der Waals surface area (Å²) in [5, 5.41) is 4.28. The number of pyridine rings is 1. The van der Waals surface area contributed by atoms with E-state index in [-0.39, 0.29) is 12.5 Å². The number of fused-ring (bicyclic) bond motifs is 2. The summed E-state index contributed by atoms with van der Waals surface area (Å²) in [5.41, 5.74) is 2.66. The molecular formula is C21H19ClN4O2. The Balaban J connectivity index is 1.35. The Bertz CT molecular complexity index is 1160. The number of rotatable bonds is 6. The van der Waals surface area contributed by atoms with Crippen LogP contribution in [-0.2, 0) is 11.3 Å². The molecule has 0 aliphatic rings. The molecule has 7 heteroatoms. The highest BCUT2D eigenvalue weighted by Crippen LogP contribution is 2.29. The summed E-state index contributed by atoms with van der Waals surface area (Å²) >= 11 is 6.18. The van der Waals surface area contributed by atoms with Gasteiger partial charge in [0.2, 0.25) is 0 Å². The van der Waals surface area contributed by atoms with Crippen molar-refractivity contribution in [3.63, 3.8) is 0 Å². The van der Waals surface area contributed by atoms with Gasteiger partial charge in [0.25, 0.3) is 5.91 Å². The zero-order chi connectivity index (χ0) is 19.5.